The molecule has 0 aromatic heterocycles. The number of carbonyl (C=O) groups is 2. The van der Waals surface area contributed by atoms with Crippen molar-refractivity contribution in [2.75, 3.05) is 6.61 Å². The highest BCUT2D eigenvalue weighted by atomic mass is 16.5. The van der Waals surface area contributed by atoms with E-state index in [1.54, 1.807) is 13.8 Å². The average molecular weight is 268 g/mol. The lowest BCUT2D eigenvalue weighted by atomic mass is 9.89. The lowest BCUT2D eigenvalue weighted by Gasteiger charge is -2.27. The van der Waals surface area contributed by atoms with E-state index in [2.05, 4.69) is 0 Å². The Kier molecular flexibility index (Phi) is 3.67. The molecule has 0 aromatic rings. The SMILES string of the molecule is CC(C)(CO)CC(=O)OC1C2C=CC(C2)C1C(=O)O. The number of aliphatic hydroxyl groups is 1. The van der Waals surface area contributed by atoms with Gasteiger partial charge in [0.2, 0.25) is 0 Å². The summed E-state index contributed by atoms with van der Waals surface area (Å²) < 4.78 is 5.37. The predicted molar refractivity (Wildman–Crippen MR) is 67.2 cm³/mol. The lowest BCUT2D eigenvalue weighted by Crippen LogP contribution is -2.36. The van der Waals surface area contributed by atoms with Crippen LogP contribution in [0, 0.1) is 23.2 Å². The zero-order valence-electron chi connectivity index (χ0n) is 11.2. The fourth-order valence-corrected chi connectivity index (χ4v) is 2.90. The van der Waals surface area contributed by atoms with Gasteiger partial charge in [-0.2, -0.15) is 0 Å². The second-order valence-electron chi connectivity index (χ2n) is 6.27. The first-order valence-corrected chi connectivity index (χ1v) is 6.55. The van der Waals surface area contributed by atoms with E-state index in [1.165, 1.54) is 0 Å². The lowest BCUT2D eigenvalue weighted by molar-refractivity contribution is -0.161. The summed E-state index contributed by atoms with van der Waals surface area (Å²) in [6.45, 7) is 3.42. The second kappa shape index (κ2) is 4.96. The van der Waals surface area contributed by atoms with Crippen molar-refractivity contribution >= 4 is 11.9 Å². The first-order valence-electron chi connectivity index (χ1n) is 6.55. The monoisotopic (exact) mass is 268 g/mol. The van der Waals surface area contributed by atoms with Crippen LogP contribution in [0.1, 0.15) is 26.7 Å². The third kappa shape index (κ3) is 2.81. The van der Waals surface area contributed by atoms with Crippen molar-refractivity contribution < 1.29 is 24.5 Å². The maximum absolute atomic E-state index is 11.9. The first-order chi connectivity index (χ1) is 8.84. The summed E-state index contributed by atoms with van der Waals surface area (Å²) in [5.41, 5.74) is -0.538. The summed E-state index contributed by atoms with van der Waals surface area (Å²) in [4.78, 5) is 23.1. The van der Waals surface area contributed by atoms with Crippen LogP contribution in [0.3, 0.4) is 0 Å². The maximum atomic E-state index is 11.9. The molecule has 0 spiro atoms. The van der Waals surface area contributed by atoms with Crippen LogP contribution in [0.4, 0.5) is 0 Å². The van der Waals surface area contributed by atoms with Gasteiger partial charge in [-0.3, -0.25) is 9.59 Å². The fraction of sp³-hybridized carbons (Fsp3) is 0.714. The van der Waals surface area contributed by atoms with Crippen LogP contribution in [0.2, 0.25) is 0 Å². The van der Waals surface area contributed by atoms with Gasteiger partial charge in [-0.1, -0.05) is 26.0 Å². The van der Waals surface area contributed by atoms with Crippen LogP contribution in [-0.4, -0.2) is 34.9 Å². The molecule has 4 atom stereocenters. The molecule has 0 amide bonds. The molecule has 4 unspecified atom stereocenters. The Morgan fingerprint density at radius 2 is 1.95 bits per heavy atom. The summed E-state index contributed by atoms with van der Waals surface area (Å²) in [5, 5.41) is 18.4. The number of hydrogen-bond donors (Lipinski definition) is 2. The third-order valence-corrected chi connectivity index (χ3v) is 3.99. The number of esters is 1. The quantitative estimate of drug-likeness (QED) is 0.578. The standard InChI is InChI=1S/C14H20O5/c1-14(2,7-15)6-10(16)19-12-9-4-3-8(5-9)11(12)13(17)18/h3-4,8-9,11-12,15H,5-7H2,1-2H3,(H,17,18). The van der Waals surface area contributed by atoms with Gasteiger partial charge in [0.25, 0.3) is 0 Å². The number of ether oxygens (including phenoxy) is 1. The van der Waals surface area contributed by atoms with Crippen LogP contribution >= 0.6 is 0 Å². The number of aliphatic carboxylic acids is 1. The molecule has 2 bridgehead atoms. The van der Waals surface area contributed by atoms with Gasteiger partial charge >= 0.3 is 11.9 Å². The van der Waals surface area contributed by atoms with Gasteiger partial charge < -0.3 is 14.9 Å². The molecule has 19 heavy (non-hydrogen) atoms. The summed E-state index contributed by atoms with van der Waals surface area (Å²) in [6.07, 6.45) is 4.13. The smallest absolute Gasteiger partial charge is 0.310 e. The van der Waals surface area contributed by atoms with E-state index < -0.39 is 29.4 Å². The highest BCUT2D eigenvalue weighted by Crippen LogP contribution is 2.45. The maximum Gasteiger partial charge on any atom is 0.310 e. The van der Waals surface area contributed by atoms with Gasteiger partial charge in [0.05, 0.1) is 6.42 Å². The molecule has 0 heterocycles. The molecular weight excluding hydrogens is 248 g/mol. The summed E-state index contributed by atoms with van der Waals surface area (Å²) in [7, 11) is 0. The molecule has 2 aliphatic rings. The molecule has 5 heteroatoms. The molecule has 0 aliphatic heterocycles. The second-order valence-corrected chi connectivity index (χ2v) is 6.27. The highest BCUT2D eigenvalue weighted by molar-refractivity contribution is 5.75. The summed E-state index contributed by atoms with van der Waals surface area (Å²) in [5.74, 6) is -1.97. The van der Waals surface area contributed by atoms with Crippen molar-refractivity contribution in [3.63, 3.8) is 0 Å². The Labute approximate surface area is 112 Å². The average Bonchev–Trinajstić information content (AvgIpc) is 2.88. The molecule has 0 aromatic carbocycles. The minimum atomic E-state index is -0.906. The molecule has 0 radical (unpaired) electrons. The Morgan fingerprint density at radius 3 is 2.53 bits per heavy atom. The van der Waals surface area contributed by atoms with Crippen molar-refractivity contribution in [1.82, 2.24) is 0 Å². The minimum absolute atomic E-state index is 0.0206. The zero-order valence-corrected chi connectivity index (χ0v) is 11.2. The molecule has 2 N–H and O–H groups in total. The Balaban J connectivity index is 2.00. The number of carbonyl (C=O) groups excluding carboxylic acids is 1. The topological polar surface area (TPSA) is 83.8 Å². The predicted octanol–water partition coefficient (Wildman–Crippen LogP) is 1.21. The van der Waals surface area contributed by atoms with Crippen LogP contribution in [0.15, 0.2) is 12.2 Å². The third-order valence-electron chi connectivity index (χ3n) is 3.99. The molecule has 1 fully saturated rings. The molecular formula is C14H20O5. The van der Waals surface area contributed by atoms with Gasteiger partial charge in [0.15, 0.2) is 0 Å². The number of carboxylic acids is 1. The molecule has 106 valence electrons. The minimum Gasteiger partial charge on any atom is -0.481 e. The molecule has 5 nitrogen and oxygen atoms in total. The number of allylic oxidation sites excluding steroid dienone is 1. The number of fused-ring (bicyclic) bond motifs is 2. The Bertz CT molecular complexity index is 412. The van der Waals surface area contributed by atoms with Crippen LogP contribution in [0.5, 0.6) is 0 Å². The van der Waals surface area contributed by atoms with E-state index in [9.17, 15) is 14.7 Å². The van der Waals surface area contributed by atoms with E-state index in [4.69, 9.17) is 9.84 Å². The van der Waals surface area contributed by atoms with Crippen LogP contribution in [-0.2, 0) is 14.3 Å². The summed E-state index contributed by atoms with van der Waals surface area (Å²) >= 11 is 0. The number of carboxylic acid groups (broad SMARTS) is 1. The number of rotatable bonds is 5. The van der Waals surface area contributed by atoms with Crippen molar-refractivity contribution in [3.05, 3.63) is 12.2 Å². The van der Waals surface area contributed by atoms with Gasteiger partial charge in [-0.05, 0) is 17.8 Å². The van der Waals surface area contributed by atoms with Crippen molar-refractivity contribution in [2.45, 2.75) is 32.8 Å². The zero-order chi connectivity index (χ0) is 14.2. The normalized spacial score (nSPS) is 32.6. The van der Waals surface area contributed by atoms with E-state index in [-0.39, 0.29) is 24.9 Å². The van der Waals surface area contributed by atoms with E-state index in [0.29, 0.717) is 0 Å². The van der Waals surface area contributed by atoms with Crippen LogP contribution < -0.4 is 0 Å². The van der Waals surface area contributed by atoms with E-state index in [1.807, 2.05) is 12.2 Å². The van der Waals surface area contributed by atoms with Crippen molar-refractivity contribution in [3.8, 4) is 0 Å². The molecule has 0 saturated heterocycles. The first kappa shape index (κ1) is 14.1. The number of aliphatic hydroxyl groups excluding tert-OH is 1. The summed E-state index contributed by atoms with van der Waals surface area (Å²) in [6, 6.07) is 0. The Hall–Kier alpha value is -1.36. The van der Waals surface area contributed by atoms with E-state index >= 15 is 0 Å². The largest absolute Gasteiger partial charge is 0.481 e. The van der Waals surface area contributed by atoms with Crippen LogP contribution in [0.25, 0.3) is 0 Å². The van der Waals surface area contributed by atoms with E-state index in [0.717, 1.165) is 6.42 Å². The van der Waals surface area contributed by atoms with Gasteiger partial charge in [-0.15, -0.1) is 0 Å². The highest BCUT2D eigenvalue weighted by Gasteiger charge is 2.50. The molecule has 2 rings (SSSR count). The van der Waals surface area contributed by atoms with Gasteiger partial charge in [-0.25, -0.2) is 0 Å². The molecule has 1 saturated carbocycles. The number of hydrogen-bond acceptors (Lipinski definition) is 4. The fourth-order valence-electron chi connectivity index (χ4n) is 2.90. The van der Waals surface area contributed by atoms with Crippen molar-refractivity contribution in [2.24, 2.45) is 23.2 Å². The van der Waals surface area contributed by atoms with Crippen molar-refractivity contribution in [1.29, 1.82) is 0 Å². The Morgan fingerprint density at radius 1 is 1.32 bits per heavy atom. The molecule has 2 aliphatic carbocycles. The van der Waals surface area contributed by atoms with Gasteiger partial charge in [0.1, 0.15) is 12.0 Å². The van der Waals surface area contributed by atoms with Gasteiger partial charge in [0, 0.05) is 12.5 Å².